The molecule has 1 N–H and O–H groups in total. The summed E-state index contributed by atoms with van der Waals surface area (Å²) in [4.78, 5) is 17.0. The number of aromatic nitrogens is 2. The van der Waals surface area contributed by atoms with Crippen molar-refractivity contribution in [2.45, 2.75) is 33.1 Å². The Morgan fingerprint density at radius 2 is 2.12 bits per heavy atom. The average Bonchev–Trinajstić information content (AvgIpc) is 3.06. The number of halogens is 1. The fourth-order valence-electron chi connectivity index (χ4n) is 2.69. The Labute approximate surface area is 148 Å². The number of fused-ring (bicyclic) bond motifs is 1. The number of aryl methyl sites for hydroxylation is 1. The summed E-state index contributed by atoms with van der Waals surface area (Å²) < 4.78 is 15.0. The second-order valence-electron chi connectivity index (χ2n) is 6.79. The monoisotopic (exact) mass is 356 g/mol. The summed E-state index contributed by atoms with van der Waals surface area (Å²) in [5.74, 6) is -0.878. The maximum atomic E-state index is 13.5. The Balaban J connectivity index is 2.02. The molecule has 0 fully saturated rings. The first-order valence-corrected chi connectivity index (χ1v) is 8.58. The molecule has 0 aliphatic rings. The van der Waals surface area contributed by atoms with Crippen LogP contribution in [0.5, 0.6) is 0 Å². The van der Waals surface area contributed by atoms with Gasteiger partial charge in [0.15, 0.2) is 0 Å². The van der Waals surface area contributed by atoms with Gasteiger partial charge in [0.2, 0.25) is 0 Å². The van der Waals surface area contributed by atoms with E-state index in [0.29, 0.717) is 21.9 Å². The first-order valence-electron chi connectivity index (χ1n) is 7.70. The predicted molar refractivity (Wildman–Crippen MR) is 95.6 cm³/mol. The van der Waals surface area contributed by atoms with Crippen LogP contribution in [0.4, 0.5) is 9.39 Å². The lowest BCUT2D eigenvalue weighted by molar-refractivity contribution is 0.102. The molecule has 0 aliphatic heterocycles. The minimum atomic E-state index is -0.456. The highest BCUT2D eigenvalue weighted by atomic mass is 32.1. The van der Waals surface area contributed by atoms with Crippen LogP contribution in [0, 0.1) is 24.1 Å². The van der Waals surface area contributed by atoms with E-state index in [9.17, 15) is 14.4 Å². The fraction of sp³-hybridized carbons (Fsp3) is 0.278. The number of anilines is 1. The van der Waals surface area contributed by atoms with Gasteiger partial charge in [-0.3, -0.25) is 9.20 Å². The first kappa shape index (κ1) is 17.1. The van der Waals surface area contributed by atoms with Crippen LogP contribution < -0.4 is 5.32 Å². The largest absolute Gasteiger partial charge is 0.311 e. The molecule has 3 heterocycles. The molecular weight excluding hydrogens is 339 g/mol. The van der Waals surface area contributed by atoms with E-state index < -0.39 is 11.7 Å². The minimum absolute atomic E-state index is 0.201. The molecule has 0 spiro atoms. The van der Waals surface area contributed by atoms with E-state index in [1.165, 1.54) is 34.1 Å². The van der Waals surface area contributed by atoms with Gasteiger partial charge in [-0.2, -0.15) is 5.26 Å². The van der Waals surface area contributed by atoms with Crippen molar-refractivity contribution < 1.29 is 9.18 Å². The quantitative estimate of drug-likeness (QED) is 0.745. The second-order valence-corrected chi connectivity index (χ2v) is 7.67. The number of nitriles is 1. The first-order chi connectivity index (χ1) is 11.7. The molecule has 3 rings (SSSR count). The van der Waals surface area contributed by atoms with E-state index in [2.05, 4.69) is 16.4 Å². The summed E-state index contributed by atoms with van der Waals surface area (Å²) in [6.07, 6.45) is 1.23. The summed E-state index contributed by atoms with van der Waals surface area (Å²) in [6, 6.07) is 4.99. The highest BCUT2D eigenvalue weighted by Crippen LogP contribution is 2.35. The van der Waals surface area contributed by atoms with Crippen molar-refractivity contribution in [2.75, 3.05) is 5.32 Å². The normalized spacial score (nSPS) is 11.5. The van der Waals surface area contributed by atoms with Crippen LogP contribution in [0.1, 0.15) is 48.1 Å². The SMILES string of the molecule is Cc1nc2ccc(F)cn2c1C(=O)Nc1scc(C(C)(C)C)c1C#N. The Hall–Kier alpha value is -2.72. The Morgan fingerprint density at radius 1 is 1.40 bits per heavy atom. The van der Waals surface area contributed by atoms with E-state index in [-0.39, 0.29) is 11.1 Å². The zero-order valence-corrected chi connectivity index (χ0v) is 15.2. The van der Waals surface area contributed by atoms with Gasteiger partial charge in [-0.05, 0) is 35.4 Å². The fourth-order valence-corrected chi connectivity index (χ4v) is 3.82. The van der Waals surface area contributed by atoms with E-state index in [0.717, 1.165) is 5.56 Å². The van der Waals surface area contributed by atoms with Gasteiger partial charge in [0.05, 0.1) is 11.3 Å². The van der Waals surface area contributed by atoms with E-state index >= 15 is 0 Å². The van der Waals surface area contributed by atoms with Crippen LogP contribution in [0.25, 0.3) is 5.65 Å². The highest BCUT2D eigenvalue weighted by molar-refractivity contribution is 7.14. The number of hydrogen-bond acceptors (Lipinski definition) is 4. The molecule has 128 valence electrons. The molecule has 0 unspecified atom stereocenters. The van der Waals surface area contributed by atoms with Gasteiger partial charge in [-0.1, -0.05) is 20.8 Å². The van der Waals surface area contributed by atoms with Gasteiger partial charge in [-0.15, -0.1) is 11.3 Å². The molecule has 0 saturated carbocycles. The number of nitrogens with one attached hydrogen (secondary N) is 1. The molecule has 7 heteroatoms. The Bertz CT molecular complexity index is 1020. The van der Waals surface area contributed by atoms with Crippen molar-refractivity contribution in [1.29, 1.82) is 5.26 Å². The third-order valence-corrected chi connectivity index (χ3v) is 4.81. The average molecular weight is 356 g/mol. The summed E-state index contributed by atoms with van der Waals surface area (Å²) in [7, 11) is 0. The third kappa shape index (κ3) is 3.01. The summed E-state index contributed by atoms with van der Waals surface area (Å²) in [5, 5.41) is 14.7. The number of amides is 1. The van der Waals surface area contributed by atoms with Gasteiger partial charge in [0.25, 0.3) is 5.91 Å². The minimum Gasteiger partial charge on any atom is -0.311 e. The van der Waals surface area contributed by atoms with Gasteiger partial charge in [-0.25, -0.2) is 9.37 Å². The number of carbonyl (C=O) groups is 1. The number of hydrogen-bond donors (Lipinski definition) is 1. The van der Waals surface area contributed by atoms with Gasteiger partial charge in [0, 0.05) is 6.20 Å². The second kappa shape index (κ2) is 5.97. The molecule has 0 radical (unpaired) electrons. The smallest absolute Gasteiger partial charge is 0.275 e. The molecule has 0 saturated heterocycles. The number of nitrogens with zero attached hydrogens (tertiary/aromatic N) is 3. The molecule has 25 heavy (non-hydrogen) atoms. The number of pyridine rings is 1. The molecule has 0 atom stereocenters. The summed E-state index contributed by atoms with van der Waals surface area (Å²) in [6.45, 7) is 7.73. The Morgan fingerprint density at radius 3 is 2.76 bits per heavy atom. The van der Waals surface area contributed by atoms with E-state index in [4.69, 9.17) is 0 Å². The predicted octanol–water partition coefficient (Wildman–Crippen LogP) is 4.26. The summed E-state index contributed by atoms with van der Waals surface area (Å²) in [5.41, 5.74) is 2.39. The van der Waals surface area contributed by atoms with Crippen LogP contribution in [-0.2, 0) is 5.41 Å². The molecule has 3 aromatic rings. The maximum Gasteiger partial charge on any atom is 0.275 e. The van der Waals surface area contributed by atoms with Crippen LogP contribution in [-0.4, -0.2) is 15.3 Å². The molecule has 0 aliphatic carbocycles. The molecular formula is C18H17FN4OS. The molecule has 1 amide bonds. The highest BCUT2D eigenvalue weighted by Gasteiger charge is 2.25. The van der Waals surface area contributed by atoms with E-state index in [1.807, 2.05) is 26.2 Å². The lowest BCUT2D eigenvalue weighted by Crippen LogP contribution is -2.17. The number of imidazole rings is 1. The number of rotatable bonds is 2. The van der Waals surface area contributed by atoms with Crippen molar-refractivity contribution in [3.8, 4) is 6.07 Å². The van der Waals surface area contributed by atoms with Gasteiger partial charge in [0.1, 0.15) is 28.2 Å². The molecule has 3 aromatic heterocycles. The van der Waals surface area contributed by atoms with Gasteiger partial charge < -0.3 is 5.32 Å². The van der Waals surface area contributed by atoms with Crippen LogP contribution in [0.3, 0.4) is 0 Å². The van der Waals surface area contributed by atoms with Crippen LogP contribution in [0.15, 0.2) is 23.7 Å². The van der Waals surface area contributed by atoms with Crippen molar-refractivity contribution in [3.63, 3.8) is 0 Å². The third-order valence-electron chi connectivity index (χ3n) is 3.91. The van der Waals surface area contributed by atoms with Gasteiger partial charge >= 0.3 is 0 Å². The molecule has 0 bridgehead atoms. The topological polar surface area (TPSA) is 70.2 Å². The maximum absolute atomic E-state index is 13.5. The number of thiophene rings is 1. The zero-order valence-electron chi connectivity index (χ0n) is 14.3. The van der Waals surface area contributed by atoms with Crippen molar-refractivity contribution in [3.05, 3.63) is 52.0 Å². The Kier molecular flexibility index (Phi) is 4.09. The lowest BCUT2D eigenvalue weighted by atomic mass is 9.86. The van der Waals surface area contributed by atoms with Crippen molar-refractivity contribution in [2.24, 2.45) is 0 Å². The molecule has 0 aromatic carbocycles. The van der Waals surface area contributed by atoms with Crippen LogP contribution in [0.2, 0.25) is 0 Å². The molecule has 5 nitrogen and oxygen atoms in total. The summed E-state index contributed by atoms with van der Waals surface area (Å²) >= 11 is 1.31. The van der Waals surface area contributed by atoms with Crippen molar-refractivity contribution >= 4 is 27.9 Å². The van der Waals surface area contributed by atoms with E-state index in [1.54, 1.807) is 6.92 Å². The standard InChI is InChI=1S/C18H17FN4OS/c1-10-15(23-8-11(19)5-6-14(23)21-10)16(24)22-17-12(7-20)13(9-25-17)18(2,3)4/h5-6,8-9H,1-4H3,(H,22,24). The van der Waals surface area contributed by atoms with Crippen LogP contribution >= 0.6 is 11.3 Å². The number of carbonyl (C=O) groups excluding carboxylic acids is 1. The zero-order chi connectivity index (χ0) is 18.4. The lowest BCUT2D eigenvalue weighted by Gasteiger charge is -2.17. The van der Waals surface area contributed by atoms with Crippen molar-refractivity contribution in [1.82, 2.24) is 9.38 Å².